The van der Waals surface area contributed by atoms with E-state index < -0.39 is 12.0 Å². The Morgan fingerprint density at radius 3 is 2.83 bits per heavy atom. The molecule has 0 unspecified atom stereocenters. The maximum Gasteiger partial charge on any atom is 0.335 e. The van der Waals surface area contributed by atoms with Crippen molar-refractivity contribution in [2.75, 3.05) is 0 Å². The number of aliphatic carboxylic acids is 1. The summed E-state index contributed by atoms with van der Waals surface area (Å²) in [5, 5.41) is 15.0. The molecule has 0 saturated carbocycles. The fraction of sp³-hybridized carbons (Fsp3) is 0.188. The van der Waals surface area contributed by atoms with Gasteiger partial charge in [0.2, 0.25) is 0 Å². The quantitative estimate of drug-likeness (QED) is 0.906. The van der Waals surface area contributed by atoms with E-state index in [0.717, 1.165) is 0 Å². The molecule has 0 fully saturated rings. The van der Waals surface area contributed by atoms with Gasteiger partial charge in [0.15, 0.2) is 10.8 Å². The number of carboxylic acid groups (broad SMARTS) is 1. The highest BCUT2D eigenvalue weighted by molar-refractivity contribution is 7.11. The van der Waals surface area contributed by atoms with Gasteiger partial charge in [-0.3, -0.25) is 4.99 Å². The van der Waals surface area contributed by atoms with Crippen molar-refractivity contribution in [1.82, 2.24) is 10.3 Å². The van der Waals surface area contributed by atoms with Crippen LogP contribution in [0.15, 0.2) is 46.0 Å². The molecular formula is C16H14FN3O2S. The van der Waals surface area contributed by atoms with Crippen molar-refractivity contribution >= 4 is 23.1 Å². The number of hydrogen-bond donors (Lipinski definition) is 2. The number of amidine groups is 1. The number of carbonyl (C=O) groups is 1. The van der Waals surface area contributed by atoms with E-state index in [2.05, 4.69) is 15.3 Å². The molecule has 2 heterocycles. The number of allylic oxidation sites excluding steroid dienone is 1. The monoisotopic (exact) mass is 331 g/mol. The highest BCUT2D eigenvalue weighted by atomic mass is 32.1. The van der Waals surface area contributed by atoms with Crippen LogP contribution in [0.2, 0.25) is 0 Å². The second-order valence-electron chi connectivity index (χ2n) is 5.14. The molecule has 0 saturated heterocycles. The van der Waals surface area contributed by atoms with E-state index in [1.54, 1.807) is 32.2 Å². The first-order valence-corrected chi connectivity index (χ1v) is 7.80. The summed E-state index contributed by atoms with van der Waals surface area (Å²) in [6.07, 6.45) is 1.65. The van der Waals surface area contributed by atoms with Gasteiger partial charge in [0, 0.05) is 17.3 Å². The summed E-state index contributed by atoms with van der Waals surface area (Å²) in [6.45, 7) is 3.30. The zero-order chi connectivity index (χ0) is 16.6. The van der Waals surface area contributed by atoms with Crippen molar-refractivity contribution in [1.29, 1.82) is 0 Å². The summed E-state index contributed by atoms with van der Waals surface area (Å²) in [6, 6.07) is 3.84. The molecule has 1 aliphatic heterocycles. The van der Waals surface area contributed by atoms with Crippen molar-refractivity contribution in [2.24, 2.45) is 4.99 Å². The standard InChI is InChI=1S/C16H14FN3O2S/c1-8-10(4-3-5-11(8)17)13-12(16(21)22)9(2)19-14(20-13)15-18-6-7-23-15/h3-7,13H,1-2H3,(H,19,20)(H,21,22)/t13-/m0/s1. The smallest absolute Gasteiger partial charge is 0.335 e. The molecule has 1 aromatic heterocycles. The molecule has 0 bridgehead atoms. The first-order valence-electron chi connectivity index (χ1n) is 6.92. The Morgan fingerprint density at radius 1 is 1.39 bits per heavy atom. The highest BCUT2D eigenvalue weighted by Crippen LogP contribution is 2.34. The molecule has 7 heteroatoms. The normalized spacial score (nSPS) is 17.7. The summed E-state index contributed by atoms with van der Waals surface area (Å²) in [4.78, 5) is 20.4. The van der Waals surface area contributed by atoms with Crippen LogP contribution in [0.4, 0.5) is 4.39 Å². The molecule has 3 rings (SSSR count). The number of thiazole rings is 1. The van der Waals surface area contributed by atoms with Crippen molar-refractivity contribution in [3.63, 3.8) is 0 Å². The van der Waals surface area contributed by atoms with Crippen molar-refractivity contribution in [3.8, 4) is 0 Å². The fourth-order valence-electron chi connectivity index (χ4n) is 2.55. The number of nitrogens with zero attached hydrogens (tertiary/aromatic N) is 2. The lowest BCUT2D eigenvalue weighted by Crippen LogP contribution is -2.32. The van der Waals surface area contributed by atoms with Gasteiger partial charge in [-0.1, -0.05) is 12.1 Å². The number of carboxylic acids is 1. The molecule has 0 aliphatic carbocycles. The van der Waals surface area contributed by atoms with Crippen LogP contribution >= 0.6 is 11.3 Å². The predicted molar refractivity (Wildman–Crippen MR) is 86.0 cm³/mol. The minimum atomic E-state index is -1.08. The Morgan fingerprint density at radius 2 is 2.17 bits per heavy atom. The highest BCUT2D eigenvalue weighted by Gasteiger charge is 2.31. The number of aliphatic imine (C=N–C) groups is 1. The van der Waals surface area contributed by atoms with Crippen LogP contribution in [0.5, 0.6) is 0 Å². The van der Waals surface area contributed by atoms with Gasteiger partial charge >= 0.3 is 5.97 Å². The summed E-state index contributed by atoms with van der Waals surface area (Å²) < 4.78 is 13.9. The third kappa shape index (κ3) is 2.75. The van der Waals surface area contributed by atoms with Crippen molar-refractivity contribution < 1.29 is 14.3 Å². The fourth-order valence-corrected chi connectivity index (χ4v) is 3.14. The van der Waals surface area contributed by atoms with Crippen molar-refractivity contribution in [3.05, 3.63) is 63.0 Å². The van der Waals surface area contributed by atoms with E-state index in [1.807, 2.05) is 5.38 Å². The van der Waals surface area contributed by atoms with Crippen LogP contribution in [-0.4, -0.2) is 21.9 Å². The van der Waals surface area contributed by atoms with E-state index in [9.17, 15) is 14.3 Å². The number of halogens is 1. The lowest BCUT2D eigenvalue weighted by Gasteiger charge is -2.25. The molecule has 5 nitrogen and oxygen atoms in total. The van der Waals surface area contributed by atoms with Gasteiger partial charge < -0.3 is 10.4 Å². The van der Waals surface area contributed by atoms with Crippen LogP contribution in [-0.2, 0) is 4.79 Å². The summed E-state index contributed by atoms with van der Waals surface area (Å²) in [7, 11) is 0. The molecule has 1 atom stereocenters. The number of hydrogen-bond acceptors (Lipinski definition) is 5. The average Bonchev–Trinajstić information content (AvgIpc) is 3.03. The number of rotatable bonds is 3. The SMILES string of the molecule is CC1=C(C(=O)O)[C@H](c2cccc(F)c2C)N=C(c2nccs2)N1. The first-order chi connectivity index (χ1) is 11.0. The van der Waals surface area contributed by atoms with Gasteiger partial charge in [0.25, 0.3) is 0 Å². The van der Waals surface area contributed by atoms with E-state index in [-0.39, 0.29) is 11.4 Å². The van der Waals surface area contributed by atoms with Gasteiger partial charge in [-0.15, -0.1) is 11.3 Å². The molecule has 0 spiro atoms. The number of aromatic nitrogens is 1. The Balaban J connectivity index is 2.16. The lowest BCUT2D eigenvalue weighted by molar-refractivity contribution is -0.133. The van der Waals surface area contributed by atoms with Crippen LogP contribution in [0.25, 0.3) is 0 Å². The van der Waals surface area contributed by atoms with E-state index in [4.69, 9.17) is 0 Å². The average molecular weight is 331 g/mol. The molecular weight excluding hydrogens is 317 g/mol. The third-order valence-corrected chi connectivity index (χ3v) is 4.49. The first kappa shape index (κ1) is 15.4. The molecule has 1 aliphatic rings. The van der Waals surface area contributed by atoms with E-state index in [0.29, 0.717) is 27.7 Å². The molecule has 118 valence electrons. The maximum absolute atomic E-state index is 13.9. The molecule has 0 amide bonds. The Labute approximate surface area is 136 Å². The Bertz CT molecular complexity index is 828. The predicted octanol–water partition coefficient (Wildman–Crippen LogP) is 3.04. The van der Waals surface area contributed by atoms with Crippen LogP contribution in [0.3, 0.4) is 0 Å². The van der Waals surface area contributed by atoms with Crippen LogP contribution < -0.4 is 5.32 Å². The topological polar surface area (TPSA) is 74.6 Å². The van der Waals surface area contributed by atoms with Crippen molar-refractivity contribution in [2.45, 2.75) is 19.9 Å². The minimum absolute atomic E-state index is 0.110. The summed E-state index contributed by atoms with van der Waals surface area (Å²) >= 11 is 1.40. The van der Waals surface area contributed by atoms with Gasteiger partial charge in [0.05, 0.1) is 5.57 Å². The maximum atomic E-state index is 13.9. The Hall–Kier alpha value is -2.54. The zero-order valence-electron chi connectivity index (χ0n) is 12.5. The van der Waals surface area contributed by atoms with Gasteiger partial charge in [-0.25, -0.2) is 14.2 Å². The third-order valence-electron chi connectivity index (χ3n) is 3.71. The largest absolute Gasteiger partial charge is 0.478 e. The molecule has 23 heavy (non-hydrogen) atoms. The number of nitrogens with one attached hydrogen (secondary N) is 1. The summed E-state index contributed by atoms with van der Waals surface area (Å²) in [5.41, 5.74) is 1.52. The van der Waals surface area contributed by atoms with Gasteiger partial charge in [-0.05, 0) is 31.0 Å². The number of benzene rings is 1. The zero-order valence-corrected chi connectivity index (χ0v) is 13.3. The second-order valence-corrected chi connectivity index (χ2v) is 6.03. The lowest BCUT2D eigenvalue weighted by atomic mass is 9.92. The van der Waals surface area contributed by atoms with Gasteiger partial charge in [0.1, 0.15) is 11.9 Å². The van der Waals surface area contributed by atoms with Crippen LogP contribution in [0, 0.1) is 12.7 Å². The second kappa shape index (κ2) is 5.92. The van der Waals surface area contributed by atoms with Crippen LogP contribution in [0.1, 0.15) is 29.1 Å². The van der Waals surface area contributed by atoms with Gasteiger partial charge in [-0.2, -0.15) is 0 Å². The molecule has 1 aromatic carbocycles. The molecule has 2 N–H and O–H groups in total. The molecule has 2 aromatic rings. The summed E-state index contributed by atoms with van der Waals surface area (Å²) in [5.74, 6) is -0.962. The minimum Gasteiger partial charge on any atom is -0.478 e. The van der Waals surface area contributed by atoms with E-state index in [1.165, 1.54) is 17.4 Å². The molecule has 0 radical (unpaired) electrons. The Kier molecular flexibility index (Phi) is 3.96. The van der Waals surface area contributed by atoms with E-state index >= 15 is 0 Å².